The third-order valence-corrected chi connectivity index (χ3v) is 7.88. The van der Waals surface area contributed by atoms with Crippen molar-refractivity contribution < 1.29 is 23.8 Å². The fraction of sp³-hybridized carbons (Fsp3) is 0.267. The highest BCUT2D eigenvalue weighted by Gasteiger charge is 2.48. The molecule has 8 nitrogen and oxygen atoms in total. The van der Waals surface area contributed by atoms with E-state index in [0.29, 0.717) is 35.2 Å². The summed E-state index contributed by atoms with van der Waals surface area (Å²) in [5, 5.41) is 1.66. The molecule has 2 aliphatic heterocycles. The van der Waals surface area contributed by atoms with E-state index in [4.69, 9.17) is 25.8 Å². The van der Waals surface area contributed by atoms with Gasteiger partial charge in [-0.05, 0) is 47.0 Å². The lowest BCUT2D eigenvalue weighted by Gasteiger charge is -2.47. The van der Waals surface area contributed by atoms with Crippen molar-refractivity contribution in [1.29, 1.82) is 0 Å². The number of aromatic nitrogens is 1. The van der Waals surface area contributed by atoms with Crippen LogP contribution in [0.3, 0.4) is 0 Å². The molecule has 6 rings (SSSR count). The molecule has 200 valence electrons. The molecule has 0 radical (unpaired) electrons. The van der Waals surface area contributed by atoms with E-state index in [1.807, 2.05) is 48.5 Å². The van der Waals surface area contributed by atoms with Crippen LogP contribution in [0.15, 0.2) is 60.7 Å². The van der Waals surface area contributed by atoms with Crippen molar-refractivity contribution in [3.8, 4) is 17.2 Å². The lowest BCUT2D eigenvalue weighted by molar-refractivity contribution is -0.159. The summed E-state index contributed by atoms with van der Waals surface area (Å²) in [6.45, 7) is 0.316. The van der Waals surface area contributed by atoms with Crippen LogP contribution in [0.25, 0.3) is 10.9 Å². The van der Waals surface area contributed by atoms with Crippen LogP contribution >= 0.6 is 11.6 Å². The van der Waals surface area contributed by atoms with Crippen LogP contribution in [0.5, 0.6) is 17.2 Å². The lowest BCUT2D eigenvalue weighted by atomic mass is 9.86. The summed E-state index contributed by atoms with van der Waals surface area (Å²) in [7, 11) is 4.67. The number of para-hydroxylation sites is 1. The number of nitrogens with one attached hydrogen (secondary N) is 1. The molecule has 0 bridgehead atoms. The molecule has 3 aromatic carbocycles. The van der Waals surface area contributed by atoms with Gasteiger partial charge in [0, 0.05) is 34.6 Å². The maximum Gasteiger partial charge on any atom is 0.246 e. The number of hydrogen-bond donors (Lipinski definition) is 1. The van der Waals surface area contributed by atoms with E-state index >= 15 is 0 Å². The van der Waals surface area contributed by atoms with Gasteiger partial charge in [-0.15, -0.1) is 0 Å². The van der Waals surface area contributed by atoms with Crippen LogP contribution in [0.4, 0.5) is 0 Å². The fourth-order valence-electron chi connectivity index (χ4n) is 5.87. The quantitative estimate of drug-likeness (QED) is 0.379. The summed E-state index contributed by atoms with van der Waals surface area (Å²) in [6, 6.07) is 17.8. The zero-order valence-electron chi connectivity index (χ0n) is 21.9. The summed E-state index contributed by atoms with van der Waals surface area (Å²) in [5.41, 5.74) is 4.54. The summed E-state index contributed by atoms with van der Waals surface area (Å²) < 4.78 is 16.8. The molecule has 0 aliphatic carbocycles. The number of fused-ring (bicyclic) bond motifs is 4. The Morgan fingerprint density at radius 2 is 1.64 bits per heavy atom. The Hall–Kier alpha value is -4.17. The summed E-state index contributed by atoms with van der Waals surface area (Å²) >= 11 is 6.05. The zero-order valence-corrected chi connectivity index (χ0v) is 22.6. The molecule has 2 aliphatic rings. The van der Waals surface area contributed by atoms with Crippen LogP contribution in [-0.2, 0) is 22.6 Å². The average molecular weight is 546 g/mol. The number of carbonyl (C=O) groups excluding carboxylic acids is 2. The van der Waals surface area contributed by atoms with Crippen molar-refractivity contribution in [2.75, 3.05) is 27.9 Å². The van der Waals surface area contributed by atoms with Gasteiger partial charge >= 0.3 is 0 Å². The highest BCUT2D eigenvalue weighted by atomic mass is 35.5. The van der Waals surface area contributed by atoms with E-state index in [9.17, 15) is 9.59 Å². The number of aromatic amines is 1. The van der Waals surface area contributed by atoms with Crippen LogP contribution in [-0.4, -0.2) is 60.5 Å². The first kappa shape index (κ1) is 25.1. The number of ether oxygens (including phenoxy) is 3. The van der Waals surface area contributed by atoms with Gasteiger partial charge in [0.2, 0.25) is 17.6 Å². The molecule has 1 aromatic heterocycles. The van der Waals surface area contributed by atoms with Crippen LogP contribution < -0.4 is 14.2 Å². The van der Waals surface area contributed by atoms with E-state index in [2.05, 4.69) is 4.98 Å². The molecular weight excluding hydrogens is 518 g/mol. The lowest BCUT2D eigenvalue weighted by Crippen LogP contribution is -2.62. The topological polar surface area (TPSA) is 84.1 Å². The maximum absolute atomic E-state index is 14.0. The Bertz CT molecular complexity index is 1560. The minimum absolute atomic E-state index is 0.0194. The molecule has 2 amide bonds. The Morgan fingerprint density at radius 3 is 2.31 bits per heavy atom. The van der Waals surface area contributed by atoms with Gasteiger partial charge in [0.05, 0.1) is 27.4 Å². The molecule has 2 unspecified atom stereocenters. The molecule has 0 spiro atoms. The van der Waals surface area contributed by atoms with E-state index < -0.39 is 12.1 Å². The number of amides is 2. The van der Waals surface area contributed by atoms with E-state index in [0.717, 1.165) is 33.3 Å². The van der Waals surface area contributed by atoms with Gasteiger partial charge < -0.3 is 29.0 Å². The van der Waals surface area contributed by atoms with Gasteiger partial charge in [0.25, 0.3) is 0 Å². The molecular formula is C30H28ClN3O5. The number of benzene rings is 3. The smallest absolute Gasteiger partial charge is 0.246 e. The molecule has 1 N–H and O–H groups in total. The molecule has 4 aromatic rings. The summed E-state index contributed by atoms with van der Waals surface area (Å²) in [6.07, 6.45) is 0.419. The number of rotatable bonds is 6. The third-order valence-electron chi connectivity index (χ3n) is 7.63. The van der Waals surface area contributed by atoms with Crippen molar-refractivity contribution in [2.45, 2.75) is 25.0 Å². The first-order valence-corrected chi connectivity index (χ1v) is 13.0. The second-order valence-electron chi connectivity index (χ2n) is 9.77. The van der Waals surface area contributed by atoms with Gasteiger partial charge in [-0.1, -0.05) is 41.9 Å². The third kappa shape index (κ3) is 4.15. The normalized spacial score (nSPS) is 18.7. The number of piperazine rings is 1. The largest absolute Gasteiger partial charge is 0.493 e. The van der Waals surface area contributed by atoms with Crippen molar-refractivity contribution in [3.05, 3.63) is 88.1 Å². The standard InChI is InChI=1S/C30H28ClN3O5/c1-37-24-12-18(13-25(38-2)29(24)39-3)28-27-21(20-6-4-5-7-22(20)32-27)14-23-30(36)33(16-26(35)34(23)28)15-17-8-10-19(31)11-9-17/h4-13,23,28,32H,14-16H2,1-3H3. The van der Waals surface area contributed by atoms with Crippen LogP contribution in [0.2, 0.25) is 5.02 Å². The Labute approximate surface area is 231 Å². The number of methoxy groups -OCH3 is 3. The van der Waals surface area contributed by atoms with Gasteiger partial charge in [-0.3, -0.25) is 9.59 Å². The monoisotopic (exact) mass is 545 g/mol. The van der Waals surface area contributed by atoms with E-state index in [-0.39, 0.29) is 18.4 Å². The SMILES string of the molecule is COc1cc(C2c3[nH]c4ccccc4c3CC3C(=O)N(Cc4ccc(Cl)cc4)CC(=O)N32)cc(OC)c1OC. The minimum Gasteiger partial charge on any atom is -0.493 e. The predicted octanol–water partition coefficient (Wildman–Crippen LogP) is 4.73. The zero-order chi connectivity index (χ0) is 27.3. The molecule has 3 heterocycles. The highest BCUT2D eigenvalue weighted by molar-refractivity contribution is 6.30. The number of halogens is 1. The fourth-order valence-corrected chi connectivity index (χ4v) is 6.00. The van der Waals surface area contributed by atoms with Gasteiger partial charge in [-0.2, -0.15) is 0 Å². The van der Waals surface area contributed by atoms with Gasteiger partial charge in [0.1, 0.15) is 12.6 Å². The van der Waals surface area contributed by atoms with Gasteiger partial charge in [-0.25, -0.2) is 0 Å². The Morgan fingerprint density at radius 1 is 0.949 bits per heavy atom. The molecule has 1 fully saturated rings. The first-order valence-electron chi connectivity index (χ1n) is 12.7. The van der Waals surface area contributed by atoms with Crippen molar-refractivity contribution >= 4 is 34.3 Å². The summed E-state index contributed by atoms with van der Waals surface area (Å²) in [4.78, 5) is 34.8. The summed E-state index contributed by atoms with van der Waals surface area (Å²) in [5.74, 6) is 1.20. The molecule has 1 saturated heterocycles. The maximum atomic E-state index is 14.0. The number of H-pyrrole nitrogens is 1. The van der Waals surface area contributed by atoms with E-state index in [1.165, 1.54) is 0 Å². The molecule has 39 heavy (non-hydrogen) atoms. The average Bonchev–Trinajstić information content (AvgIpc) is 3.33. The molecule has 0 saturated carbocycles. The highest BCUT2D eigenvalue weighted by Crippen LogP contribution is 2.47. The van der Waals surface area contributed by atoms with Gasteiger partial charge in [0.15, 0.2) is 11.5 Å². The Balaban J connectivity index is 1.48. The number of hydrogen-bond acceptors (Lipinski definition) is 5. The van der Waals surface area contributed by atoms with Crippen molar-refractivity contribution in [3.63, 3.8) is 0 Å². The first-order chi connectivity index (χ1) is 18.9. The van der Waals surface area contributed by atoms with Crippen molar-refractivity contribution in [2.24, 2.45) is 0 Å². The second kappa shape index (κ2) is 9.85. The minimum atomic E-state index is -0.658. The molecule has 2 atom stereocenters. The van der Waals surface area contributed by atoms with Crippen LogP contribution in [0.1, 0.15) is 28.4 Å². The second-order valence-corrected chi connectivity index (χ2v) is 10.2. The van der Waals surface area contributed by atoms with Crippen LogP contribution in [0, 0.1) is 0 Å². The number of nitrogens with zero attached hydrogens (tertiary/aromatic N) is 2. The van der Waals surface area contributed by atoms with E-state index in [1.54, 1.807) is 43.3 Å². The number of carbonyl (C=O) groups is 2. The Kier molecular flexibility index (Phi) is 6.35. The predicted molar refractivity (Wildman–Crippen MR) is 147 cm³/mol. The van der Waals surface area contributed by atoms with Crippen molar-refractivity contribution in [1.82, 2.24) is 14.8 Å². The molecule has 9 heteroatoms.